The van der Waals surface area contributed by atoms with Gasteiger partial charge in [-0.05, 0) is 60.9 Å². The number of Topliss-reactive ketones (excluding diaryl/α,β-unsaturated/α-hetero) is 1. The second kappa shape index (κ2) is 10.9. The summed E-state index contributed by atoms with van der Waals surface area (Å²) in [7, 11) is 0. The van der Waals surface area contributed by atoms with Gasteiger partial charge in [-0.2, -0.15) is 0 Å². The molecule has 0 radical (unpaired) electrons. The van der Waals surface area contributed by atoms with Gasteiger partial charge in [-0.25, -0.2) is 0 Å². The van der Waals surface area contributed by atoms with Crippen molar-refractivity contribution in [2.45, 2.75) is 32.9 Å². The lowest BCUT2D eigenvalue weighted by Crippen LogP contribution is -2.29. The monoisotopic (exact) mass is 472 g/mol. The quantitative estimate of drug-likeness (QED) is 0.271. The fourth-order valence-electron chi connectivity index (χ4n) is 4.10. The first-order valence-corrected chi connectivity index (χ1v) is 11.7. The number of aliphatic hydroxyl groups is 1. The van der Waals surface area contributed by atoms with Gasteiger partial charge in [0, 0.05) is 24.5 Å². The van der Waals surface area contributed by atoms with Crippen molar-refractivity contribution in [1.82, 2.24) is 9.88 Å². The van der Waals surface area contributed by atoms with Crippen molar-refractivity contribution in [2.24, 2.45) is 0 Å². The number of ketones is 1. The first-order chi connectivity index (χ1) is 17.0. The van der Waals surface area contributed by atoms with Crippen LogP contribution in [-0.2, 0) is 16.1 Å². The molecule has 1 aromatic heterocycles. The van der Waals surface area contributed by atoms with E-state index < -0.39 is 17.7 Å². The van der Waals surface area contributed by atoms with E-state index in [1.807, 2.05) is 38.1 Å². The van der Waals surface area contributed by atoms with Crippen LogP contribution in [0.15, 0.2) is 78.6 Å². The summed E-state index contributed by atoms with van der Waals surface area (Å²) in [5, 5.41) is 11.3. The largest absolute Gasteiger partial charge is 0.507 e. The molecule has 0 saturated carbocycles. The number of hydrogen-bond donors (Lipinski definition) is 1. The average Bonchev–Trinajstić information content (AvgIpc) is 3.13. The molecule has 1 amide bonds. The Bertz CT molecular complexity index is 1220. The summed E-state index contributed by atoms with van der Waals surface area (Å²) in [5.74, 6) is -0.364. The van der Waals surface area contributed by atoms with Gasteiger partial charge in [-0.1, -0.05) is 31.2 Å². The highest BCUT2D eigenvalue weighted by atomic mass is 16.5. The van der Waals surface area contributed by atoms with Crippen LogP contribution >= 0.6 is 0 Å². The van der Waals surface area contributed by atoms with E-state index in [1.165, 1.54) is 4.90 Å². The SMILES string of the molecule is CCCOc1ccc(C2/C(=C(\O)c3cccc(OCC)c3)C(=O)C(=O)N2Cc2ccncc2)cc1. The Morgan fingerprint density at radius 2 is 1.71 bits per heavy atom. The van der Waals surface area contributed by atoms with Crippen LogP contribution in [0.25, 0.3) is 5.76 Å². The Balaban J connectivity index is 1.80. The minimum atomic E-state index is -0.765. The van der Waals surface area contributed by atoms with Crippen molar-refractivity contribution >= 4 is 17.4 Å². The van der Waals surface area contributed by atoms with Crippen molar-refractivity contribution in [3.63, 3.8) is 0 Å². The molecule has 0 bridgehead atoms. The summed E-state index contributed by atoms with van der Waals surface area (Å²) < 4.78 is 11.2. The smallest absolute Gasteiger partial charge is 0.295 e. The molecule has 7 nitrogen and oxygen atoms in total. The topological polar surface area (TPSA) is 89.0 Å². The molecule has 0 aliphatic carbocycles. The van der Waals surface area contributed by atoms with Crippen LogP contribution in [0.5, 0.6) is 11.5 Å². The molecule has 2 heterocycles. The van der Waals surface area contributed by atoms with Gasteiger partial charge in [-0.3, -0.25) is 14.6 Å². The molecule has 1 saturated heterocycles. The lowest BCUT2D eigenvalue weighted by atomic mass is 9.95. The number of pyridine rings is 1. The molecule has 1 aliphatic rings. The third kappa shape index (κ3) is 5.19. The van der Waals surface area contributed by atoms with Crippen molar-refractivity contribution in [1.29, 1.82) is 0 Å². The van der Waals surface area contributed by atoms with E-state index >= 15 is 0 Å². The second-order valence-corrected chi connectivity index (χ2v) is 8.16. The molecule has 4 rings (SSSR count). The third-order valence-electron chi connectivity index (χ3n) is 5.73. The standard InChI is InChI=1S/C28H28N2O5/c1-3-16-35-22-10-8-20(9-11-22)25-24(26(31)21-6-5-7-23(17-21)34-4-2)27(32)28(33)30(25)18-19-12-14-29-15-13-19/h5-15,17,25,31H,3-4,16,18H2,1-2H3/b26-24+. The van der Waals surface area contributed by atoms with Crippen LogP contribution in [0, 0.1) is 0 Å². The number of amides is 1. The number of aliphatic hydroxyl groups excluding tert-OH is 1. The molecular formula is C28H28N2O5. The highest BCUT2D eigenvalue weighted by molar-refractivity contribution is 6.46. The number of hydrogen-bond acceptors (Lipinski definition) is 6. The average molecular weight is 473 g/mol. The molecule has 1 fully saturated rings. The Morgan fingerprint density at radius 1 is 0.971 bits per heavy atom. The van der Waals surface area contributed by atoms with Gasteiger partial charge < -0.3 is 19.5 Å². The molecule has 1 N–H and O–H groups in total. The minimum Gasteiger partial charge on any atom is -0.507 e. The van der Waals surface area contributed by atoms with Gasteiger partial charge in [0.2, 0.25) is 0 Å². The van der Waals surface area contributed by atoms with Crippen LogP contribution in [0.4, 0.5) is 0 Å². The van der Waals surface area contributed by atoms with Gasteiger partial charge in [0.1, 0.15) is 17.3 Å². The number of benzene rings is 2. The number of nitrogens with zero attached hydrogens (tertiary/aromatic N) is 2. The van der Waals surface area contributed by atoms with Crippen molar-refractivity contribution in [3.8, 4) is 11.5 Å². The molecular weight excluding hydrogens is 444 g/mol. The summed E-state index contributed by atoms with van der Waals surface area (Å²) >= 11 is 0. The number of rotatable bonds is 9. The van der Waals surface area contributed by atoms with E-state index in [1.54, 1.807) is 48.8 Å². The normalized spacial score (nSPS) is 17.0. The Labute approximate surface area is 204 Å². The second-order valence-electron chi connectivity index (χ2n) is 8.16. The third-order valence-corrected chi connectivity index (χ3v) is 5.73. The Morgan fingerprint density at radius 3 is 2.40 bits per heavy atom. The van der Waals surface area contributed by atoms with E-state index in [0.29, 0.717) is 35.8 Å². The van der Waals surface area contributed by atoms with Crippen LogP contribution in [0.3, 0.4) is 0 Å². The molecule has 3 aromatic rings. The minimum absolute atomic E-state index is 0.0416. The first kappa shape index (κ1) is 24.0. The van der Waals surface area contributed by atoms with Crippen molar-refractivity contribution in [2.75, 3.05) is 13.2 Å². The van der Waals surface area contributed by atoms with E-state index in [4.69, 9.17) is 9.47 Å². The van der Waals surface area contributed by atoms with Crippen LogP contribution in [0.1, 0.15) is 43.0 Å². The summed E-state index contributed by atoms with van der Waals surface area (Å²) in [4.78, 5) is 31.9. The van der Waals surface area contributed by atoms with Gasteiger partial charge in [0.15, 0.2) is 0 Å². The highest BCUT2D eigenvalue weighted by Gasteiger charge is 2.46. The molecule has 1 atom stereocenters. The fraction of sp³-hybridized carbons (Fsp3) is 0.250. The number of ether oxygens (including phenoxy) is 2. The summed E-state index contributed by atoms with van der Waals surface area (Å²) in [6.07, 6.45) is 4.16. The molecule has 2 aromatic carbocycles. The number of carbonyl (C=O) groups is 2. The highest BCUT2D eigenvalue weighted by Crippen LogP contribution is 2.41. The predicted molar refractivity (Wildman–Crippen MR) is 132 cm³/mol. The molecule has 180 valence electrons. The zero-order valence-electron chi connectivity index (χ0n) is 19.8. The predicted octanol–water partition coefficient (Wildman–Crippen LogP) is 4.89. The first-order valence-electron chi connectivity index (χ1n) is 11.7. The zero-order valence-corrected chi connectivity index (χ0v) is 19.8. The maximum absolute atomic E-state index is 13.2. The van der Waals surface area contributed by atoms with Gasteiger partial charge in [-0.15, -0.1) is 0 Å². The number of carbonyl (C=O) groups excluding carboxylic acids is 2. The lowest BCUT2D eigenvalue weighted by molar-refractivity contribution is -0.140. The van der Waals surface area contributed by atoms with Crippen LogP contribution in [-0.4, -0.2) is 39.9 Å². The lowest BCUT2D eigenvalue weighted by Gasteiger charge is -2.25. The van der Waals surface area contributed by atoms with Gasteiger partial charge in [0.25, 0.3) is 11.7 Å². The molecule has 0 spiro atoms. The van der Waals surface area contributed by atoms with E-state index in [0.717, 1.165) is 12.0 Å². The van der Waals surface area contributed by atoms with Gasteiger partial charge >= 0.3 is 0 Å². The Hall–Kier alpha value is -4.13. The number of likely N-dealkylation sites (tertiary alicyclic amines) is 1. The van der Waals surface area contributed by atoms with E-state index in [2.05, 4.69) is 4.98 Å². The maximum Gasteiger partial charge on any atom is 0.295 e. The van der Waals surface area contributed by atoms with Gasteiger partial charge in [0.05, 0.1) is 24.8 Å². The molecule has 7 heteroatoms. The van der Waals surface area contributed by atoms with Crippen molar-refractivity contribution in [3.05, 3.63) is 95.3 Å². The zero-order chi connectivity index (χ0) is 24.8. The number of aromatic nitrogens is 1. The molecule has 35 heavy (non-hydrogen) atoms. The fourth-order valence-corrected chi connectivity index (χ4v) is 4.10. The summed E-state index contributed by atoms with van der Waals surface area (Å²) in [6, 6.07) is 17.0. The summed E-state index contributed by atoms with van der Waals surface area (Å²) in [5.41, 5.74) is 1.98. The van der Waals surface area contributed by atoms with Crippen molar-refractivity contribution < 1.29 is 24.2 Å². The maximum atomic E-state index is 13.2. The summed E-state index contributed by atoms with van der Waals surface area (Å²) in [6.45, 7) is 5.15. The molecule has 1 aliphatic heterocycles. The van der Waals surface area contributed by atoms with E-state index in [-0.39, 0.29) is 17.9 Å². The van der Waals surface area contributed by atoms with Crippen LogP contribution in [0.2, 0.25) is 0 Å². The molecule has 1 unspecified atom stereocenters. The Kier molecular flexibility index (Phi) is 7.45. The van der Waals surface area contributed by atoms with E-state index in [9.17, 15) is 14.7 Å². The van der Waals surface area contributed by atoms with Crippen LogP contribution < -0.4 is 9.47 Å².